The van der Waals surface area contributed by atoms with Crippen molar-refractivity contribution in [3.05, 3.63) is 33.3 Å². The molecule has 0 radical (unpaired) electrons. The zero-order valence-corrected chi connectivity index (χ0v) is 14.7. The zero-order chi connectivity index (χ0) is 16.9. The predicted octanol–water partition coefficient (Wildman–Crippen LogP) is 4.91. The van der Waals surface area contributed by atoms with Crippen LogP contribution in [0.4, 0.5) is 0 Å². The monoisotopic (exact) mass is 346 g/mol. The van der Waals surface area contributed by atoms with E-state index in [4.69, 9.17) is 32.7 Å². The van der Waals surface area contributed by atoms with Gasteiger partial charge < -0.3 is 9.47 Å². The maximum absolute atomic E-state index is 12.2. The Labute approximate surface area is 140 Å². The summed E-state index contributed by atoms with van der Waals surface area (Å²) in [7, 11) is 0. The average molecular weight is 347 g/mol. The van der Waals surface area contributed by atoms with Crippen LogP contribution >= 0.6 is 23.2 Å². The van der Waals surface area contributed by atoms with Gasteiger partial charge in [0.2, 0.25) is 0 Å². The topological polar surface area (TPSA) is 52.6 Å². The van der Waals surface area contributed by atoms with Gasteiger partial charge in [-0.15, -0.1) is 0 Å². The van der Waals surface area contributed by atoms with Crippen molar-refractivity contribution in [3.63, 3.8) is 0 Å². The summed E-state index contributed by atoms with van der Waals surface area (Å²) in [6.45, 7) is 7.48. The first-order chi connectivity index (χ1) is 10.2. The van der Waals surface area contributed by atoms with Crippen molar-refractivity contribution in [1.29, 1.82) is 0 Å². The van der Waals surface area contributed by atoms with E-state index in [2.05, 4.69) is 0 Å². The molecule has 1 aromatic carbocycles. The summed E-state index contributed by atoms with van der Waals surface area (Å²) in [5.74, 6) is -1.26. The fourth-order valence-corrected chi connectivity index (χ4v) is 1.93. The average Bonchev–Trinajstić information content (AvgIpc) is 2.39. The molecule has 0 saturated heterocycles. The number of halogens is 2. The first-order valence-corrected chi connectivity index (χ1v) is 7.80. The van der Waals surface area contributed by atoms with E-state index >= 15 is 0 Å². The minimum Gasteiger partial charge on any atom is -0.462 e. The fraction of sp³-hybridized carbons (Fsp3) is 0.500. The molecule has 0 unspecified atom stereocenters. The van der Waals surface area contributed by atoms with E-state index in [1.807, 2.05) is 6.92 Å². The number of carbonyl (C=O) groups excluding carboxylic acids is 2. The van der Waals surface area contributed by atoms with Crippen molar-refractivity contribution in [1.82, 2.24) is 0 Å². The summed E-state index contributed by atoms with van der Waals surface area (Å²) >= 11 is 11.9. The highest BCUT2D eigenvalue weighted by Gasteiger charge is 2.25. The summed E-state index contributed by atoms with van der Waals surface area (Å²) in [5, 5.41) is 0.351. The van der Waals surface area contributed by atoms with Crippen molar-refractivity contribution >= 4 is 35.1 Å². The van der Waals surface area contributed by atoms with Gasteiger partial charge in [-0.1, -0.05) is 36.5 Å². The Morgan fingerprint density at radius 3 is 2.00 bits per heavy atom. The predicted molar refractivity (Wildman–Crippen MR) is 86.8 cm³/mol. The Kier molecular flexibility index (Phi) is 6.69. The Morgan fingerprint density at radius 1 is 1.05 bits per heavy atom. The van der Waals surface area contributed by atoms with Gasteiger partial charge in [0.15, 0.2) is 0 Å². The second kappa shape index (κ2) is 7.84. The van der Waals surface area contributed by atoms with Crippen molar-refractivity contribution in [2.24, 2.45) is 0 Å². The number of hydrogen-bond acceptors (Lipinski definition) is 4. The molecule has 22 heavy (non-hydrogen) atoms. The molecule has 0 aliphatic heterocycles. The SMILES string of the molecule is CCCCOC(=O)c1cc(Cl)c(Cl)cc1C(=O)OC(C)(C)C. The number of esters is 2. The van der Waals surface area contributed by atoms with Crippen LogP contribution in [-0.2, 0) is 9.47 Å². The van der Waals surface area contributed by atoms with E-state index in [0.29, 0.717) is 0 Å². The number of benzene rings is 1. The molecule has 1 aromatic rings. The molecule has 0 atom stereocenters. The van der Waals surface area contributed by atoms with Gasteiger partial charge in [0.25, 0.3) is 0 Å². The normalized spacial score (nSPS) is 11.2. The van der Waals surface area contributed by atoms with Gasteiger partial charge in [-0.3, -0.25) is 0 Å². The Morgan fingerprint density at radius 2 is 1.55 bits per heavy atom. The van der Waals surface area contributed by atoms with E-state index in [1.54, 1.807) is 20.8 Å². The van der Waals surface area contributed by atoms with Crippen LogP contribution in [0.5, 0.6) is 0 Å². The molecule has 0 fully saturated rings. The van der Waals surface area contributed by atoms with Gasteiger partial charge in [-0.05, 0) is 39.3 Å². The molecular formula is C16H20Cl2O4. The third-order valence-corrected chi connectivity index (χ3v) is 3.35. The standard InChI is InChI=1S/C16H20Cl2O4/c1-5-6-7-21-14(19)10-8-12(17)13(18)9-11(10)15(20)22-16(2,3)4/h8-9H,5-7H2,1-4H3. The first kappa shape index (κ1) is 18.8. The Bertz CT molecular complexity index is 562. The lowest BCUT2D eigenvalue weighted by atomic mass is 10.1. The second-order valence-corrected chi connectivity index (χ2v) is 6.62. The molecule has 0 spiro atoms. The maximum Gasteiger partial charge on any atom is 0.339 e. The molecular weight excluding hydrogens is 327 g/mol. The van der Waals surface area contributed by atoms with Crippen LogP contribution in [0.3, 0.4) is 0 Å². The number of unbranched alkanes of at least 4 members (excludes halogenated alkanes) is 1. The van der Waals surface area contributed by atoms with Crippen LogP contribution in [-0.4, -0.2) is 24.1 Å². The first-order valence-electron chi connectivity index (χ1n) is 7.05. The van der Waals surface area contributed by atoms with Gasteiger partial charge in [0.05, 0.1) is 27.8 Å². The van der Waals surface area contributed by atoms with E-state index in [0.717, 1.165) is 12.8 Å². The van der Waals surface area contributed by atoms with Gasteiger partial charge in [0, 0.05) is 0 Å². The molecule has 0 amide bonds. The number of ether oxygens (including phenoxy) is 2. The van der Waals surface area contributed by atoms with Crippen LogP contribution < -0.4 is 0 Å². The lowest BCUT2D eigenvalue weighted by Gasteiger charge is -2.20. The van der Waals surface area contributed by atoms with Crippen LogP contribution in [0.25, 0.3) is 0 Å². The molecule has 0 N–H and O–H groups in total. The number of carbonyl (C=O) groups is 2. The molecule has 4 nitrogen and oxygen atoms in total. The minimum atomic E-state index is -0.688. The lowest BCUT2D eigenvalue weighted by molar-refractivity contribution is 0.00641. The molecule has 0 aliphatic carbocycles. The van der Waals surface area contributed by atoms with Crippen molar-refractivity contribution in [2.75, 3.05) is 6.61 Å². The third kappa shape index (κ3) is 5.50. The lowest BCUT2D eigenvalue weighted by Crippen LogP contribution is -2.25. The molecule has 0 bridgehead atoms. The molecule has 1 rings (SSSR count). The molecule has 0 aromatic heterocycles. The van der Waals surface area contributed by atoms with Gasteiger partial charge >= 0.3 is 11.9 Å². The quantitative estimate of drug-likeness (QED) is 0.561. The molecule has 0 heterocycles. The van der Waals surface area contributed by atoms with E-state index in [1.165, 1.54) is 12.1 Å². The van der Waals surface area contributed by atoms with E-state index < -0.39 is 17.5 Å². The van der Waals surface area contributed by atoms with E-state index in [-0.39, 0.29) is 27.8 Å². The van der Waals surface area contributed by atoms with Crippen LogP contribution in [0, 0.1) is 0 Å². The van der Waals surface area contributed by atoms with Crippen LogP contribution in [0.1, 0.15) is 61.3 Å². The Balaban J connectivity index is 3.12. The summed E-state index contributed by atoms with van der Waals surface area (Å²) in [6.07, 6.45) is 1.64. The molecule has 122 valence electrons. The largest absolute Gasteiger partial charge is 0.462 e. The third-order valence-electron chi connectivity index (χ3n) is 2.63. The number of hydrogen-bond donors (Lipinski definition) is 0. The van der Waals surface area contributed by atoms with Gasteiger partial charge in [-0.2, -0.15) is 0 Å². The highest BCUT2D eigenvalue weighted by atomic mass is 35.5. The molecule has 6 heteroatoms. The smallest absolute Gasteiger partial charge is 0.339 e. The zero-order valence-electron chi connectivity index (χ0n) is 13.2. The summed E-state index contributed by atoms with van der Waals surface area (Å²) in [4.78, 5) is 24.4. The van der Waals surface area contributed by atoms with E-state index in [9.17, 15) is 9.59 Å². The highest BCUT2D eigenvalue weighted by Crippen LogP contribution is 2.28. The van der Waals surface area contributed by atoms with Gasteiger partial charge in [0.1, 0.15) is 5.60 Å². The van der Waals surface area contributed by atoms with Crippen LogP contribution in [0.2, 0.25) is 10.0 Å². The maximum atomic E-state index is 12.2. The van der Waals surface area contributed by atoms with Crippen molar-refractivity contribution in [3.8, 4) is 0 Å². The minimum absolute atomic E-state index is 0.0471. The van der Waals surface area contributed by atoms with Crippen molar-refractivity contribution in [2.45, 2.75) is 46.1 Å². The second-order valence-electron chi connectivity index (χ2n) is 5.80. The highest BCUT2D eigenvalue weighted by molar-refractivity contribution is 6.42. The summed E-state index contributed by atoms with van der Waals surface area (Å²) in [6, 6.07) is 2.66. The molecule has 0 saturated carbocycles. The Hall–Kier alpha value is -1.26. The number of rotatable bonds is 5. The van der Waals surface area contributed by atoms with Crippen molar-refractivity contribution < 1.29 is 19.1 Å². The summed E-state index contributed by atoms with van der Waals surface area (Å²) in [5.41, 5.74) is -0.586. The fourth-order valence-electron chi connectivity index (χ4n) is 1.60. The summed E-state index contributed by atoms with van der Waals surface area (Å²) < 4.78 is 10.4. The van der Waals surface area contributed by atoms with Crippen LogP contribution in [0.15, 0.2) is 12.1 Å². The molecule has 0 aliphatic rings. The van der Waals surface area contributed by atoms with Gasteiger partial charge in [-0.25, -0.2) is 9.59 Å².